The Morgan fingerprint density at radius 3 is 2.67 bits per heavy atom. The van der Waals surface area contributed by atoms with Crippen molar-refractivity contribution in [3.63, 3.8) is 0 Å². The van der Waals surface area contributed by atoms with Crippen molar-refractivity contribution in [2.24, 2.45) is 11.1 Å². The molecule has 0 bridgehead atoms. The molecule has 4 heteroatoms. The standard InChI is InChI=1S/C17H24N2O2/c1-18-21-15-10-8-14(9-11-15)19-16-7-4-6-13-5-2-3-12-17(13,16)20/h8-11,13,16,19-20H,1-7,12H2. The molecule has 1 aromatic carbocycles. The molecule has 2 aliphatic rings. The Kier molecular flexibility index (Phi) is 4.15. The molecule has 2 saturated carbocycles. The molecule has 0 aromatic heterocycles. The van der Waals surface area contributed by atoms with Crippen molar-refractivity contribution in [1.82, 2.24) is 0 Å². The van der Waals surface area contributed by atoms with Crippen LogP contribution in [0.15, 0.2) is 29.4 Å². The van der Waals surface area contributed by atoms with Crippen LogP contribution in [0.25, 0.3) is 0 Å². The van der Waals surface area contributed by atoms with E-state index in [0.29, 0.717) is 11.7 Å². The van der Waals surface area contributed by atoms with Crippen molar-refractivity contribution >= 4 is 12.4 Å². The molecular weight excluding hydrogens is 264 g/mol. The summed E-state index contributed by atoms with van der Waals surface area (Å²) < 4.78 is 0. The summed E-state index contributed by atoms with van der Waals surface area (Å²) in [5.41, 5.74) is 0.491. The van der Waals surface area contributed by atoms with E-state index >= 15 is 0 Å². The van der Waals surface area contributed by atoms with Gasteiger partial charge in [0, 0.05) is 12.4 Å². The summed E-state index contributed by atoms with van der Waals surface area (Å²) in [5, 5.41) is 18.1. The van der Waals surface area contributed by atoms with Gasteiger partial charge in [0.15, 0.2) is 5.75 Å². The molecule has 2 aliphatic carbocycles. The molecule has 0 radical (unpaired) electrons. The first kappa shape index (κ1) is 14.4. The van der Waals surface area contributed by atoms with E-state index in [2.05, 4.69) is 17.2 Å². The van der Waals surface area contributed by atoms with Gasteiger partial charge in [-0.1, -0.05) is 24.4 Å². The SMILES string of the molecule is C=NOc1ccc(NC2CCCC3CCCCC32O)cc1. The van der Waals surface area contributed by atoms with E-state index in [9.17, 15) is 5.11 Å². The first-order valence-electron chi connectivity index (χ1n) is 7.94. The summed E-state index contributed by atoms with van der Waals surface area (Å²) in [6.07, 6.45) is 7.92. The maximum atomic E-state index is 11.1. The fourth-order valence-corrected chi connectivity index (χ4v) is 4.01. The summed E-state index contributed by atoms with van der Waals surface area (Å²) in [6.45, 7) is 3.31. The van der Waals surface area contributed by atoms with Crippen LogP contribution >= 0.6 is 0 Å². The van der Waals surface area contributed by atoms with Crippen LogP contribution in [0.5, 0.6) is 5.75 Å². The van der Waals surface area contributed by atoms with Gasteiger partial charge in [-0.15, -0.1) is 0 Å². The summed E-state index contributed by atoms with van der Waals surface area (Å²) in [4.78, 5) is 4.99. The van der Waals surface area contributed by atoms with Crippen LogP contribution in [-0.4, -0.2) is 23.5 Å². The second-order valence-electron chi connectivity index (χ2n) is 6.31. The normalized spacial score (nSPS) is 32.0. The molecule has 0 spiro atoms. The minimum absolute atomic E-state index is 0.154. The number of aliphatic hydroxyl groups is 1. The molecule has 2 N–H and O–H groups in total. The molecule has 0 aliphatic heterocycles. The van der Waals surface area contributed by atoms with E-state index in [1.807, 2.05) is 24.3 Å². The quantitative estimate of drug-likeness (QED) is 0.658. The number of hydrogen-bond donors (Lipinski definition) is 2. The van der Waals surface area contributed by atoms with Crippen LogP contribution in [0.2, 0.25) is 0 Å². The summed E-state index contributed by atoms with van der Waals surface area (Å²) in [6, 6.07) is 7.82. The maximum absolute atomic E-state index is 11.1. The van der Waals surface area contributed by atoms with Gasteiger partial charge in [-0.05, 0) is 55.9 Å². The maximum Gasteiger partial charge on any atom is 0.158 e. The fraction of sp³-hybridized carbons (Fsp3) is 0.588. The van der Waals surface area contributed by atoms with Crippen molar-refractivity contribution < 1.29 is 9.94 Å². The van der Waals surface area contributed by atoms with Gasteiger partial charge in [0.2, 0.25) is 0 Å². The van der Waals surface area contributed by atoms with E-state index in [1.54, 1.807) is 0 Å². The van der Waals surface area contributed by atoms with E-state index in [0.717, 1.165) is 24.9 Å². The third-order valence-electron chi connectivity index (χ3n) is 5.10. The minimum Gasteiger partial charge on any atom is -0.387 e. The van der Waals surface area contributed by atoms with Crippen molar-refractivity contribution in [1.29, 1.82) is 0 Å². The summed E-state index contributed by atoms with van der Waals surface area (Å²) in [7, 11) is 0. The average molecular weight is 288 g/mol. The van der Waals surface area contributed by atoms with Gasteiger partial charge in [0.1, 0.15) is 0 Å². The fourth-order valence-electron chi connectivity index (χ4n) is 4.01. The molecule has 3 rings (SSSR count). The number of anilines is 1. The first-order valence-corrected chi connectivity index (χ1v) is 7.94. The number of nitrogens with zero attached hydrogens (tertiary/aromatic N) is 1. The molecule has 0 heterocycles. The Hall–Kier alpha value is -1.55. The molecule has 3 unspecified atom stereocenters. The zero-order valence-corrected chi connectivity index (χ0v) is 12.4. The van der Waals surface area contributed by atoms with Crippen LogP contribution in [0.3, 0.4) is 0 Å². The van der Waals surface area contributed by atoms with Gasteiger partial charge in [0.05, 0.1) is 11.6 Å². The predicted molar refractivity (Wildman–Crippen MR) is 84.8 cm³/mol. The van der Waals surface area contributed by atoms with Gasteiger partial charge < -0.3 is 15.3 Å². The van der Waals surface area contributed by atoms with Gasteiger partial charge in [-0.25, -0.2) is 0 Å². The lowest BCUT2D eigenvalue weighted by Crippen LogP contribution is -2.56. The molecule has 2 fully saturated rings. The number of hydrogen-bond acceptors (Lipinski definition) is 4. The van der Waals surface area contributed by atoms with Crippen molar-refractivity contribution in [2.75, 3.05) is 5.32 Å². The molecule has 21 heavy (non-hydrogen) atoms. The number of rotatable bonds is 4. The number of fused-ring (bicyclic) bond motifs is 1. The van der Waals surface area contributed by atoms with Crippen LogP contribution in [0.4, 0.5) is 5.69 Å². The monoisotopic (exact) mass is 288 g/mol. The highest BCUT2D eigenvalue weighted by molar-refractivity contribution is 5.48. The molecule has 4 nitrogen and oxygen atoms in total. The molecule has 114 valence electrons. The molecule has 3 atom stereocenters. The average Bonchev–Trinajstić information content (AvgIpc) is 2.50. The lowest BCUT2D eigenvalue weighted by molar-refractivity contribution is -0.0835. The van der Waals surface area contributed by atoms with E-state index in [1.165, 1.54) is 25.7 Å². The molecule has 1 aromatic rings. The molecule has 0 amide bonds. The Labute approximate surface area is 126 Å². The zero-order valence-electron chi connectivity index (χ0n) is 12.4. The topological polar surface area (TPSA) is 53.8 Å². The van der Waals surface area contributed by atoms with Crippen LogP contribution in [0.1, 0.15) is 44.9 Å². The van der Waals surface area contributed by atoms with E-state index in [4.69, 9.17) is 4.84 Å². The summed E-state index contributed by atoms with van der Waals surface area (Å²) >= 11 is 0. The van der Waals surface area contributed by atoms with Gasteiger partial charge in [-0.2, -0.15) is 0 Å². The van der Waals surface area contributed by atoms with Crippen molar-refractivity contribution in [3.05, 3.63) is 24.3 Å². The zero-order chi connectivity index (χ0) is 14.7. The number of oxime groups is 1. The highest BCUT2D eigenvalue weighted by Gasteiger charge is 2.47. The van der Waals surface area contributed by atoms with Crippen LogP contribution < -0.4 is 10.2 Å². The first-order chi connectivity index (χ1) is 10.2. The largest absolute Gasteiger partial charge is 0.387 e. The lowest BCUT2D eigenvalue weighted by atomic mass is 9.65. The smallest absolute Gasteiger partial charge is 0.158 e. The highest BCUT2D eigenvalue weighted by Crippen LogP contribution is 2.44. The van der Waals surface area contributed by atoms with Crippen LogP contribution in [-0.2, 0) is 0 Å². The number of benzene rings is 1. The second kappa shape index (κ2) is 6.06. The lowest BCUT2D eigenvalue weighted by Gasteiger charge is -2.49. The Morgan fingerprint density at radius 1 is 1.14 bits per heavy atom. The van der Waals surface area contributed by atoms with E-state index < -0.39 is 5.60 Å². The van der Waals surface area contributed by atoms with E-state index in [-0.39, 0.29) is 6.04 Å². The minimum atomic E-state index is -0.533. The Morgan fingerprint density at radius 2 is 1.90 bits per heavy atom. The third kappa shape index (κ3) is 2.91. The number of nitrogens with one attached hydrogen (secondary N) is 1. The van der Waals surface area contributed by atoms with Gasteiger partial charge >= 0.3 is 0 Å². The predicted octanol–water partition coefficient (Wildman–Crippen LogP) is 3.57. The van der Waals surface area contributed by atoms with Gasteiger partial charge in [-0.3, -0.25) is 0 Å². The van der Waals surface area contributed by atoms with Gasteiger partial charge in [0.25, 0.3) is 0 Å². The summed E-state index contributed by atoms with van der Waals surface area (Å²) in [5.74, 6) is 1.14. The van der Waals surface area contributed by atoms with Crippen LogP contribution in [0, 0.1) is 5.92 Å². The Bertz CT molecular complexity index is 486. The molecule has 0 saturated heterocycles. The second-order valence-corrected chi connectivity index (χ2v) is 6.31. The molecular formula is C17H24N2O2. The van der Waals surface area contributed by atoms with Crippen molar-refractivity contribution in [2.45, 2.75) is 56.6 Å². The van der Waals surface area contributed by atoms with Crippen molar-refractivity contribution in [3.8, 4) is 5.75 Å². The Balaban J connectivity index is 1.72. The third-order valence-corrected chi connectivity index (χ3v) is 5.10. The highest BCUT2D eigenvalue weighted by atomic mass is 16.6.